The Morgan fingerprint density at radius 3 is 2.85 bits per heavy atom. The minimum absolute atomic E-state index is 0.524. The zero-order chi connectivity index (χ0) is 17.8. The number of likely N-dealkylation sites (tertiary alicyclic amines) is 1. The first kappa shape index (κ1) is 16.9. The summed E-state index contributed by atoms with van der Waals surface area (Å²) in [5, 5.41) is 4.12. The Balaban J connectivity index is 1.50. The molecule has 1 fully saturated rings. The zero-order valence-electron chi connectivity index (χ0n) is 15.1. The quantitative estimate of drug-likeness (QED) is 0.665. The molecule has 1 aromatic carbocycles. The molecule has 5 heteroatoms. The Labute approximate surface area is 154 Å². The molecule has 0 N–H and O–H groups in total. The zero-order valence-corrected chi connectivity index (χ0v) is 15.1. The van der Waals surface area contributed by atoms with Crippen LogP contribution in [0.3, 0.4) is 0 Å². The summed E-state index contributed by atoms with van der Waals surface area (Å²) in [6, 6.07) is 15.2. The predicted octanol–water partition coefficient (Wildman–Crippen LogP) is 4.29. The second kappa shape index (κ2) is 7.79. The van der Waals surface area contributed by atoms with Crippen LogP contribution in [0.5, 0.6) is 0 Å². The standard InChI is InChI=1S/C21H24N4O/c1-2-18(16-8-4-3-5-9-16)19-11-7-13-25(19)15-20-23-21(24-26-20)17-10-6-12-22-14-17/h3-6,8-10,12,14,18-19H,2,7,11,13,15H2,1H3/t18-,19+/m1/s1. The Kier molecular flexibility index (Phi) is 5.07. The number of pyridine rings is 1. The molecule has 26 heavy (non-hydrogen) atoms. The average Bonchev–Trinajstić information content (AvgIpc) is 3.35. The molecule has 0 amide bonds. The van der Waals surface area contributed by atoms with Crippen molar-refractivity contribution in [2.45, 2.75) is 44.7 Å². The molecule has 0 aliphatic carbocycles. The van der Waals surface area contributed by atoms with E-state index in [4.69, 9.17) is 4.52 Å². The van der Waals surface area contributed by atoms with E-state index in [1.165, 1.54) is 18.4 Å². The highest BCUT2D eigenvalue weighted by atomic mass is 16.5. The smallest absolute Gasteiger partial charge is 0.241 e. The lowest BCUT2D eigenvalue weighted by atomic mass is 9.88. The van der Waals surface area contributed by atoms with E-state index in [0.29, 0.717) is 30.2 Å². The monoisotopic (exact) mass is 348 g/mol. The largest absolute Gasteiger partial charge is 0.338 e. The van der Waals surface area contributed by atoms with Gasteiger partial charge in [0.1, 0.15) is 0 Å². The van der Waals surface area contributed by atoms with Crippen LogP contribution in [0.2, 0.25) is 0 Å². The highest BCUT2D eigenvalue weighted by Gasteiger charge is 2.32. The van der Waals surface area contributed by atoms with Gasteiger partial charge in [0.05, 0.1) is 6.54 Å². The van der Waals surface area contributed by atoms with Gasteiger partial charge in [0.25, 0.3) is 0 Å². The lowest BCUT2D eigenvalue weighted by molar-refractivity contribution is 0.186. The van der Waals surface area contributed by atoms with Crippen molar-refractivity contribution in [2.75, 3.05) is 6.54 Å². The van der Waals surface area contributed by atoms with E-state index < -0.39 is 0 Å². The van der Waals surface area contributed by atoms with Crippen molar-refractivity contribution in [2.24, 2.45) is 0 Å². The number of rotatable bonds is 6. The minimum atomic E-state index is 0.524. The molecule has 3 aromatic rings. The van der Waals surface area contributed by atoms with Crippen molar-refractivity contribution in [1.29, 1.82) is 0 Å². The molecule has 2 aromatic heterocycles. The van der Waals surface area contributed by atoms with Gasteiger partial charge in [0, 0.05) is 24.0 Å². The van der Waals surface area contributed by atoms with E-state index >= 15 is 0 Å². The van der Waals surface area contributed by atoms with Crippen LogP contribution in [0.1, 0.15) is 43.6 Å². The van der Waals surface area contributed by atoms with Gasteiger partial charge in [-0.15, -0.1) is 0 Å². The molecular weight excluding hydrogens is 324 g/mol. The number of aromatic nitrogens is 3. The van der Waals surface area contributed by atoms with Crippen molar-refractivity contribution in [3.63, 3.8) is 0 Å². The molecule has 5 nitrogen and oxygen atoms in total. The normalized spacial score (nSPS) is 18.9. The fourth-order valence-electron chi connectivity index (χ4n) is 4.04. The Hall–Kier alpha value is -2.53. The van der Waals surface area contributed by atoms with Crippen molar-refractivity contribution in [1.82, 2.24) is 20.0 Å². The summed E-state index contributed by atoms with van der Waals surface area (Å²) in [7, 11) is 0. The molecule has 134 valence electrons. The Bertz CT molecular complexity index is 818. The van der Waals surface area contributed by atoms with Gasteiger partial charge in [-0.3, -0.25) is 9.88 Å². The highest BCUT2D eigenvalue weighted by molar-refractivity contribution is 5.51. The summed E-state index contributed by atoms with van der Waals surface area (Å²) in [6.07, 6.45) is 7.08. The second-order valence-corrected chi connectivity index (χ2v) is 6.86. The molecule has 3 heterocycles. The van der Waals surface area contributed by atoms with Gasteiger partial charge in [-0.25, -0.2) is 0 Å². The Morgan fingerprint density at radius 2 is 2.08 bits per heavy atom. The Morgan fingerprint density at radius 1 is 1.19 bits per heavy atom. The second-order valence-electron chi connectivity index (χ2n) is 6.86. The molecule has 1 saturated heterocycles. The lowest BCUT2D eigenvalue weighted by Gasteiger charge is -2.30. The van der Waals surface area contributed by atoms with Crippen molar-refractivity contribution < 1.29 is 4.52 Å². The summed E-state index contributed by atoms with van der Waals surface area (Å²) < 4.78 is 5.52. The maximum Gasteiger partial charge on any atom is 0.241 e. The molecule has 2 atom stereocenters. The number of hydrogen-bond donors (Lipinski definition) is 0. The number of nitrogens with zero attached hydrogens (tertiary/aromatic N) is 4. The molecular formula is C21H24N4O. The van der Waals surface area contributed by atoms with Crippen molar-refractivity contribution in [3.05, 3.63) is 66.3 Å². The van der Waals surface area contributed by atoms with E-state index in [9.17, 15) is 0 Å². The summed E-state index contributed by atoms with van der Waals surface area (Å²) in [5.74, 6) is 1.83. The molecule has 4 rings (SSSR count). The molecule has 0 radical (unpaired) electrons. The van der Waals surface area contributed by atoms with Crippen LogP contribution in [0.4, 0.5) is 0 Å². The van der Waals surface area contributed by atoms with Crippen LogP contribution in [-0.2, 0) is 6.54 Å². The van der Waals surface area contributed by atoms with Gasteiger partial charge in [-0.05, 0) is 49.4 Å². The summed E-state index contributed by atoms with van der Waals surface area (Å²) >= 11 is 0. The predicted molar refractivity (Wildman–Crippen MR) is 100 cm³/mol. The van der Waals surface area contributed by atoms with Crippen LogP contribution in [-0.4, -0.2) is 32.6 Å². The summed E-state index contributed by atoms with van der Waals surface area (Å²) in [5.41, 5.74) is 2.31. The molecule has 0 bridgehead atoms. The van der Waals surface area contributed by atoms with Gasteiger partial charge in [0.2, 0.25) is 11.7 Å². The summed E-state index contributed by atoms with van der Waals surface area (Å²) in [4.78, 5) is 11.2. The highest BCUT2D eigenvalue weighted by Crippen LogP contribution is 2.34. The first-order chi connectivity index (χ1) is 12.8. The summed E-state index contributed by atoms with van der Waals surface area (Å²) in [6.45, 7) is 4.07. The van der Waals surface area contributed by atoms with Gasteiger partial charge in [-0.1, -0.05) is 42.4 Å². The first-order valence-corrected chi connectivity index (χ1v) is 9.37. The molecule has 1 aliphatic heterocycles. The van der Waals surface area contributed by atoms with E-state index in [1.54, 1.807) is 12.4 Å². The molecule has 1 aliphatic rings. The third-order valence-corrected chi connectivity index (χ3v) is 5.27. The van der Waals surface area contributed by atoms with E-state index in [1.807, 2.05) is 12.1 Å². The van der Waals surface area contributed by atoms with Crippen molar-refractivity contribution >= 4 is 0 Å². The van der Waals surface area contributed by atoms with Gasteiger partial charge >= 0.3 is 0 Å². The third kappa shape index (κ3) is 3.53. The van der Waals surface area contributed by atoms with E-state index in [2.05, 4.69) is 57.3 Å². The topological polar surface area (TPSA) is 55.1 Å². The van der Waals surface area contributed by atoms with Crippen LogP contribution < -0.4 is 0 Å². The SMILES string of the molecule is CC[C@H](c1ccccc1)[C@@H]1CCCN1Cc1nc(-c2cccnc2)no1. The maximum atomic E-state index is 5.52. The van der Waals surface area contributed by atoms with Gasteiger partial charge in [0.15, 0.2) is 0 Å². The maximum absolute atomic E-state index is 5.52. The lowest BCUT2D eigenvalue weighted by Crippen LogP contribution is -2.34. The third-order valence-electron chi connectivity index (χ3n) is 5.27. The van der Waals surface area contributed by atoms with Crippen molar-refractivity contribution in [3.8, 4) is 11.4 Å². The van der Waals surface area contributed by atoms with E-state index in [-0.39, 0.29) is 0 Å². The average molecular weight is 348 g/mol. The molecule has 0 spiro atoms. The molecule has 0 saturated carbocycles. The van der Waals surface area contributed by atoms with Crippen LogP contribution in [0.25, 0.3) is 11.4 Å². The minimum Gasteiger partial charge on any atom is -0.338 e. The van der Waals surface area contributed by atoms with Crippen LogP contribution in [0.15, 0.2) is 59.4 Å². The van der Waals surface area contributed by atoms with Gasteiger partial charge < -0.3 is 4.52 Å². The fourth-order valence-corrected chi connectivity index (χ4v) is 4.04. The fraction of sp³-hybridized carbons (Fsp3) is 0.381. The van der Waals surface area contributed by atoms with Crippen LogP contribution in [0, 0.1) is 0 Å². The molecule has 0 unspecified atom stereocenters. The van der Waals surface area contributed by atoms with E-state index in [0.717, 1.165) is 18.5 Å². The first-order valence-electron chi connectivity index (χ1n) is 9.37. The van der Waals surface area contributed by atoms with Gasteiger partial charge in [-0.2, -0.15) is 4.98 Å². The number of benzene rings is 1. The number of hydrogen-bond acceptors (Lipinski definition) is 5. The van der Waals surface area contributed by atoms with Crippen LogP contribution >= 0.6 is 0 Å².